The van der Waals surface area contributed by atoms with Crippen molar-refractivity contribution in [3.05, 3.63) is 45.8 Å². The second-order valence-corrected chi connectivity index (χ2v) is 3.72. The number of aromatic nitrogens is 3. The largest absolute Gasteiger partial charge is 0.497 e. The van der Waals surface area contributed by atoms with Crippen molar-refractivity contribution in [3.8, 4) is 5.75 Å². The van der Waals surface area contributed by atoms with Crippen LogP contribution in [0, 0.1) is 17.0 Å². The molecule has 0 unspecified atom stereocenters. The van der Waals surface area contributed by atoms with Gasteiger partial charge in [-0.2, -0.15) is 4.68 Å². The summed E-state index contributed by atoms with van der Waals surface area (Å²) in [7, 11) is 1.60. The Morgan fingerprint density at radius 1 is 1.39 bits per heavy atom. The van der Waals surface area contributed by atoms with E-state index in [1.165, 1.54) is 4.68 Å². The molecular weight excluding hydrogens is 236 g/mol. The Bertz CT molecular complexity index is 562. The Morgan fingerprint density at radius 2 is 2.06 bits per heavy atom. The number of hydrogen-bond acceptors (Lipinski definition) is 5. The Balaban J connectivity index is 2.19. The molecule has 0 radical (unpaired) electrons. The maximum Gasteiger partial charge on any atom is 0.491 e. The molecule has 0 aliphatic carbocycles. The smallest absolute Gasteiger partial charge is 0.491 e. The van der Waals surface area contributed by atoms with Gasteiger partial charge in [0.1, 0.15) is 5.75 Å². The SMILES string of the molecule is COc1ccc(Cn2nc([N+](=O)[O-])nc2C)cc1. The number of hydrogen-bond donors (Lipinski definition) is 0. The third-order valence-electron chi connectivity index (χ3n) is 2.50. The van der Waals surface area contributed by atoms with Crippen LogP contribution in [0.1, 0.15) is 11.4 Å². The molecule has 0 aliphatic rings. The van der Waals surface area contributed by atoms with Crippen molar-refractivity contribution in [2.45, 2.75) is 13.5 Å². The molecule has 0 saturated heterocycles. The zero-order valence-corrected chi connectivity index (χ0v) is 10.0. The zero-order chi connectivity index (χ0) is 13.1. The van der Waals surface area contributed by atoms with E-state index in [0.29, 0.717) is 12.4 Å². The van der Waals surface area contributed by atoms with E-state index in [9.17, 15) is 10.1 Å². The number of methoxy groups -OCH3 is 1. The molecular formula is C11H12N4O3. The molecule has 0 amide bonds. The predicted molar refractivity (Wildman–Crippen MR) is 63.5 cm³/mol. The molecule has 0 bridgehead atoms. The van der Waals surface area contributed by atoms with E-state index in [1.54, 1.807) is 14.0 Å². The van der Waals surface area contributed by atoms with Gasteiger partial charge in [-0.15, -0.1) is 0 Å². The van der Waals surface area contributed by atoms with Gasteiger partial charge in [0.25, 0.3) is 0 Å². The van der Waals surface area contributed by atoms with Crippen molar-refractivity contribution in [1.29, 1.82) is 0 Å². The molecule has 7 heteroatoms. The number of nitrogens with zero attached hydrogens (tertiary/aromatic N) is 4. The molecule has 0 atom stereocenters. The topological polar surface area (TPSA) is 83.1 Å². The van der Waals surface area contributed by atoms with E-state index in [1.807, 2.05) is 24.3 Å². The molecule has 1 aromatic heterocycles. The van der Waals surface area contributed by atoms with Gasteiger partial charge in [0.05, 0.1) is 13.7 Å². The van der Waals surface area contributed by atoms with Gasteiger partial charge in [-0.1, -0.05) is 12.1 Å². The van der Waals surface area contributed by atoms with Crippen LogP contribution in [0.3, 0.4) is 0 Å². The van der Waals surface area contributed by atoms with Gasteiger partial charge in [0.2, 0.25) is 5.82 Å². The molecule has 0 spiro atoms. The van der Waals surface area contributed by atoms with Gasteiger partial charge in [-0.05, 0) is 27.6 Å². The minimum absolute atomic E-state index is 0.374. The first-order valence-electron chi connectivity index (χ1n) is 5.29. The van der Waals surface area contributed by atoms with E-state index in [0.717, 1.165) is 11.3 Å². The van der Waals surface area contributed by atoms with E-state index >= 15 is 0 Å². The lowest BCUT2D eigenvalue weighted by Gasteiger charge is -2.02. The summed E-state index contributed by atoms with van der Waals surface area (Å²) in [5.41, 5.74) is 0.971. The van der Waals surface area contributed by atoms with Crippen LogP contribution in [0.2, 0.25) is 0 Å². The molecule has 0 saturated carbocycles. The molecule has 0 fully saturated rings. The lowest BCUT2D eigenvalue weighted by Crippen LogP contribution is -2.04. The van der Waals surface area contributed by atoms with E-state index < -0.39 is 4.92 Å². The number of nitro groups is 1. The maximum absolute atomic E-state index is 10.6. The highest BCUT2D eigenvalue weighted by molar-refractivity contribution is 5.27. The Morgan fingerprint density at radius 3 is 2.56 bits per heavy atom. The van der Waals surface area contributed by atoms with Gasteiger partial charge in [0.15, 0.2) is 0 Å². The van der Waals surface area contributed by atoms with Crippen LogP contribution in [0.15, 0.2) is 24.3 Å². The second-order valence-electron chi connectivity index (χ2n) is 3.72. The van der Waals surface area contributed by atoms with Crippen LogP contribution in [0.4, 0.5) is 5.95 Å². The number of ether oxygens (including phenoxy) is 1. The van der Waals surface area contributed by atoms with Crippen molar-refractivity contribution >= 4 is 5.95 Å². The quantitative estimate of drug-likeness (QED) is 0.605. The number of benzene rings is 1. The minimum atomic E-state index is -0.600. The minimum Gasteiger partial charge on any atom is -0.497 e. The van der Waals surface area contributed by atoms with Crippen molar-refractivity contribution in [1.82, 2.24) is 14.8 Å². The summed E-state index contributed by atoms with van der Waals surface area (Å²) in [5, 5.41) is 14.4. The molecule has 94 valence electrons. The fourth-order valence-electron chi connectivity index (χ4n) is 1.54. The lowest BCUT2D eigenvalue weighted by atomic mass is 10.2. The molecule has 2 aromatic rings. The van der Waals surface area contributed by atoms with Crippen molar-refractivity contribution < 1.29 is 9.66 Å². The van der Waals surface area contributed by atoms with Crippen LogP contribution in [-0.4, -0.2) is 26.8 Å². The van der Waals surface area contributed by atoms with Gasteiger partial charge in [-0.25, -0.2) is 0 Å². The molecule has 0 aliphatic heterocycles. The molecule has 1 heterocycles. The fraction of sp³-hybridized carbons (Fsp3) is 0.273. The first-order valence-corrected chi connectivity index (χ1v) is 5.29. The fourth-order valence-corrected chi connectivity index (χ4v) is 1.54. The average molecular weight is 248 g/mol. The summed E-state index contributed by atoms with van der Waals surface area (Å²) in [6.45, 7) is 2.13. The second kappa shape index (κ2) is 4.82. The third-order valence-corrected chi connectivity index (χ3v) is 2.50. The summed E-state index contributed by atoms with van der Waals surface area (Å²) < 4.78 is 6.55. The molecule has 0 N–H and O–H groups in total. The first kappa shape index (κ1) is 12.0. The Kier molecular flexibility index (Phi) is 3.22. The molecule has 18 heavy (non-hydrogen) atoms. The number of rotatable bonds is 4. The van der Waals surface area contributed by atoms with Crippen molar-refractivity contribution in [2.24, 2.45) is 0 Å². The highest BCUT2D eigenvalue weighted by atomic mass is 16.6. The molecule has 7 nitrogen and oxygen atoms in total. The zero-order valence-electron chi connectivity index (χ0n) is 10.0. The monoisotopic (exact) mass is 248 g/mol. The summed E-state index contributed by atoms with van der Waals surface area (Å²) in [6.07, 6.45) is 0. The molecule has 1 aromatic carbocycles. The third kappa shape index (κ3) is 2.45. The summed E-state index contributed by atoms with van der Waals surface area (Å²) in [4.78, 5) is 13.7. The van der Waals surface area contributed by atoms with Crippen LogP contribution in [0.25, 0.3) is 0 Å². The standard InChI is InChI=1S/C11H12N4O3/c1-8-12-11(15(16)17)13-14(8)7-9-3-5-10(18-2)6-4-9/h3-6H,7H2,1-2H3. The highest BCUT2D eigenvalue weighted by Gasteiger charge is 2.17. The van der Waals surface area contributed by atoms with Gasteiger partial charge < -0.3 is 14.9 Å². The number of aryl methyl sites for hydroxylation is 1. The summed E-state index contributed by atoms with van der Waals surface area (Å²) in [5.74, 6) is 0.901. The Hall–Kier alpha value is -2.44. The van der Waals surface area contributed by atoms with E-state index in [-0.39, 0.29) is 5.95 Å². The maximum atomic E-state index is 10.6. The van der Waals surface area contributed by atoms with Gasteiger partial charge in [-0.3, -0.25) is 0 Å². The van der Waals surface area contributed by atoms with Crippen LogP contribution in [-0.2, 0) is 6.54 Å². The van der Waals surface area contributed by atoms with Crippen molar-refractivity contribution in [2.75, 3.05) is 7.11 Å². The van der Waals surface area contributed by atoms with Crippen LogP contribution in [0.5, 0.6) is 5.75 Å². The summed E-state index contributed by atoms with van der Waals surface area (Å²) >= 11 is 0. The highest BCUT2D eigenvalue weighted by Crippen LogP contribution is 2.13. The van der Waals surface area contributed by atoms with E-state index in [4.69, 9.17) is 4.74 Å². The van der Waals surface area contributed by atoms with Gasteiger partial charge >= 0.3 is 5.95 Å². The van der Waals surface area contributed by atoms with Crippen LogP contribution < -0.4 is 4.74 Å². The van der Waals surface area contributed by atoms with Gasteiger partial charge in [0, 0.05) is 12.0 Å². The van der Waals surface area contributed by atoms with Crippen molar-refractivity contribution in [3.63, 3.8) is 0 Å². The first-order chi connectivity index (χ1) is 8.60. The van der Waals surface area contributed by atoms with E-state index in [2.05, 4.69) is 10.1 Å². The van der Waals surface area contributed by atoms with Crippen LogP contribution >= 0.6 is 0 Å². The Labute approximate surface area is 103 Å². The predicted octanol–water partition coefficient (Wildman–Crippen LogP) is 1.55. The molecule has 2 rings (SSSR count). The average Bonchev–Trinajstić information content (AvgIpc) is 2.72. The summed E-state index contributed by atoms with van der Waals surface area (Å²) in [6, 6.07) is 7.42. The lowest BCUT2D eigenvalue weighted by molar-refractivity contribution is -0.394. The normalized spacial score (nSPS) is 10.3.